The van der Waals surface area contributed by atoms with Gasteiger partial charge in [-0.15, -0.1) is 0 Å². The minimum atomic E-state index is -3.17. The average Bonchev–Trinajstić information content (AvgIpc) is 2.57. The van der Waals surface area contributed by atoms with Crippen LogP contribution in [0.4, 0.5) is 0 Å². The summed E-state index contributed by atoms with van der Waals surface area (Å²) in [5.74, 6) is 1.73. The molecule has 25 heavy (non-hydrogen) atoms. The topological polar surface area (TPSA) is 55.8 Å². The summed E-state index contributed by atoms with van der Waals surface area (Å²) in [7, 11) is -1.40. The largest absolute Gasteiger partial charge is 0.493 e. The van der Waals surface area contributed by atoms with E-state index >= 15 is 0 Å². The number of sulfone groups is 1. The third kappa shape index (κ3) is 6.28. The lowest BCUT2D eigenvalue weighted by Gasteiger charge is -2.38. The number of ether oxygens (including phenoxy) is 2. The highest BCUT2D eigenvalue weighted by Gasteiger charge is 2.29. The third-order valence-electron chi connectivity index (χ3n) is 4.79. The smallest absolute Gasteiger partial charge is 0.175 e. The molecular weight excluding hydrogens is 338 g/mol. The Hall–Kier alpha value is -1.11. The van der Waals surface area contributed by atoms with Crippen LogP contribution < -0.4 is 4.74 Å². The van der Waals surface area contributed by atoms with E-state index in [1.807, 2.05) is 0 Å². The molecule has 6 heteroatoms. The second kappa shape index (κ2) is 9.01. The second-order valence-corrected chi connectivity index (χ2v) is 9.38. The molecule has 1 fully saturated rings. The van der Waals surface area contributed by atoms with E-state index in [0.29, 0.717) is 29.1 Å². The lowest BCUT2D eigenvalue weighted by Crippen LogP contribution is -2.46. The van der Waals surface area contributed by atoms with Crippen LogP contribution in [0.1, 0.15) is 26.7 Å². The quantitative estimate of drug-likeness (QED) is 0.705. The normalized spacial score (nSPS) is 22.3. The van der Waals surface area contributed by atoms with E-state index in [1.165, 1.54) is 12.7 Å². The van der Waals surface area contributed by atoms with Gasteiger partial charge in [-0.3, -0.25) is 0 Å². The van der Waals surface area contributed by atoms with Gasteiger partial charge in [-0.25, -0.2) is 8.42 Å². The van der Waals surface area contributed by atoms with Crippen molar-refractivity contribution in [1.82, 2.24) is 4.90 Å². The van der Waals surface area contributed by atoms with Gasteiger partial charge in [-0.2, -0.15) is 0 Å². The van der Waals surface area contributed by atoms with Crippen molar-refractivity contribution in [1.29, 1.82) is 0 Å². The van der Waals surface area contributed by atoms with Crippen LogP contribution in [0.25, 0.3) is 0 Å². The fourth-order valence-electron chi connectivity index (χ4n) is 3.19. The highest BCUT2D eigenvalue weighted by molar-refractivity contribution is 7.90. The van der Waals surface area contributed by atoms with Crippen molar-refractivity contribution in [3.05, 3.63) is 24.3 Å². The van der Waals surface area contributed by atoms with E-state index < -0.39 is 9.84 Å². The van der Waals surface area contributed by atoms with Crippen LogP contribution in [0, 0.1) is 11.8 Å². The Balaban J connectivity index is 1.91. The maximum atomic E-state index is 11.5. The van der Waals surface area contributed by atoms with Crippen LogP contribution in [0.3, 0.4) is 0 Å². The lowest BCUT2D eigenvalue weighted by molar-refractivity contribution is -0.0235. The molecule has 1 aliphatic heterocycles. The summed E-state index contributed by atoms with van der Waals surface area (Å²) in [6.45, 7) is 8.26. The second-order valence-electron chi connectivity index (χ2n) is 7.36. The zero-order chi connectivity index (χ0) is 18.4. The monoisotopic (exact) mass is 369 g/mol. The summed E-state index contributed by atoms with van der Waals surface area (Å²) < 4.78 is 34.6. The number of methoxy groups -OCH3 is 1. The Labute approximate surface area is 152 Å². The zero-order valence-electron chi connectivity index (χ0n) is 15.8. The van der Waals surface area contributed by atoms with Gasteiger partial charge in [0.2, 0.25) is 0 Å². The molecule has 1 aliphatic rings. The number of piperidine rings is 1. The van der Waals surface area contributed by atoms with Crippen LogP contribution in [-0.2, 0) is 14.6 Å². The zero-order valence-corrected chi connectivity index (χ0v) is 16.6. The molecule has 0 N–H and O–H groups in total. The minimum Gasteiger partial charge on any atom is -0.493 e. The molecule has 142 valence electrons. The highest BCUT2D eigenvalue weighted by Crippen LogP contribution is 2.23. The molecule has 1 aromatic carbocycles. The number of likely N-dealkylation sites (tertiary alicyclic amines) is 1. The van der Waals surface area contributed by atoms with Gasteiger partial charge in [0.15, 0.2) is 9.84 Å². The molecule has 1 aromatic rings. The Morgan fingerprint density at radius 1 is 1.24 bits per heavy atom. The Morgan fingerprint density at radius 2 is 1.92 bits per heavy atom. The van der Waals surface area contributed by atoms with Crippen molar-refractivity contribution in [3.8, 4) is 5.75 Å². The Kier molecular flexibility index (Phi) is 7.28. The van der Waals surface area contributed by atoms with Gasteiger partial charge < -0.3 is 14.4 Å². The molecule has 2 atom stereocenters. The predicted molar refractivity (Wildman–Crippen MR) is 99.8 cm³/mol. The van der Waals surface area contributed by atoms with Gasteiger partial charge in [-0.1, -0.05) is 13.8 Å². The third-order valence-corrected chi connectivity index (χ3v) is 5.92. The summed E-state index contributed by atoms with van der Waals surface area (Å²) in [6, 6.07) is 6.62. The van der Waals surface area contributed by atoms with Crippen LogP contribution in [0.5, 0.6) is 5.75 Å². The molecule has 5 nitrogen and oxygen atoms in total. The number of nitrogens with zero attached hydrogens (tertiary/aromatic N) is 1. The number of benzene rings is 1. The summed E-state index contributed by atoms with van der Waals surface area (Å²) >= 11 is 0. The van der Waals surface area contributed by atoms with E-state index in [4.69, 9.17) is 9.47 Å². The first kappa shape index (κ1) is 20.2. The van der Waals surface area contributed by atoms with E-state index in [2.05, 4.69) is 18.7 Å². The summed E-state index contributed by atoms with van der Waals surface area (Å²) in [6.07, 6.45) is 3.65. The molecule has 0 bridgehead atoms. The van der Waals surface area contributed by atoms with Crippen molar-refractivity contribution >= 4 is 9.84 Å². The molecule has 1 saturated heterocycles. The molecule has 0 aliphatic carbocycles. The predicted octanol–water partition coefficient (Wildman–Crippen LogP) is 2.85. The maximum Gasteiger partial charge on any atom is 0.175 e. The summed E-state index contributed by atoms with van der Waals surface area (Å²) in [4.78, 5) is 2.81. The van der Waals surface area contributed by atoms with Crippen molar-refractivity contribution < 1.29 is 17.9 Å². The molecule has 0 aromatic heterocycles. The lowest BCUT2D eigenvalue weighted by atomic mass is 9.94. The maximum absolute atomic E-state index is 11.5. The first-order chi connectivity index (χ1) is 11.8. The first-order valence-electron chi connectivity index (χ1n) is 8.97. The van der Waals surface area contributed by atoms with Crippen molar-refractivity contribution in [2.45, 2.75) is 37.7 Å². The highest BCUT2D eigenvalue weighted by atomic mass is 32.2. The standard InChI is InChI=1S/C19H31NO4S/c1-15(2)9-11-20-12-10-19(23-3)16(13-20)14-24-17-5-7-18(8-6-17)25(4,21)22/h5-8,15-16,19H,9-14H2,1-4H3. The van der Waals surface area contributed by atoms with Gasteiger partial charge in [0.1, 0.15) is 5.75 Å². The van der Waals surface area contributed by atoms with Gasteiger partial charge in [-0.05, 0) is 49.6 Å². The SMILES string of the molecule is COC1CCN(CCC(C)C)CC1COc1ccc(S(C)(=O)=O)cc1. The van der Waals surface area contributed by atoms with Gasteiger partial charge in [0, 0.05) is 32.4 Å². The van der Waals surface area contributed by atoms with Crippen molar-refractivity contribution in [3.63, 3.8) is 0 Å². The molecule has 0 amide bonds. The number of hydrogen-bond donors (Lipinski definition) is 0. The number of hydrogen-bond acceptors (Lipinski definition) is 5. The Morgan fingerprint density at radius 3 is 2.48 bits per heavy atom. The molecule has 0 spiro atoms. The van der Waals surface area contributed by atoms with E-state index in [0.717, 1.165) is 26.1 Å². The minimum absolute atomic E-state index is 0.214. The molecular formula is C19H31NO4S. The molecule has 0 radical (unpaired) electrons. The van der Waals surface area contributed by atoms with Crippen molar-refractivity contribution in [2.24, 2.45) is 11.8 Å². The average molecular weight is 370 g/mol. The summed E-state index contributed by atoms with van der Waals surface area (Å²) in [5, 5.41) is 0. The molecule has 0 saturated carbocycles. The fourth-order valence-corrected chi connectivity index (χ4v) is 3.82. The van der Waals surface area contributed by atoms with Crippen LogP contribution in [0.15, 0.2) is 29.2 Å². The fraction of sp³-hybridized carbons (Fsp3) is 0.684. The molecule has 1 heterocycles. The van der Waals surface area contributed by atoms with Gasteiger partial charge in [0.05, 0.1) is 17.6 Å². The first-order valence-corrected chi connectivity index (χ1v) is 10.9. The van der Waals surface area contributed by atoms with Gasteiger partial charge in [0.25, 0.3) is 0 Å². The van der Waals surface area contributed by atoms with Crippen LogP contribution in [0.2, 0.25) is 0 Å². The van der Waals surface area contributed by atoms with Crippen LogP contribution >= 0.6 is 0 Å². The van der Waals surface area contributed by atoms with E-state index in [9.17, 15) is 8.42 Å². The Bertz CT molecular complexity index is 627. The molecule has 2 unspecified atom stereocenters. The van der Waals surface area contributed by atoms with E-state index in [-0.39, 0.29) is 6.10 Å². The summed E-state index contributed by atoms with van der Waals surface area (Å²) in [5.41, 5.74) is 0. The number of rotatable bonds is 8. The van der Waals surface area contributed by atoms with Gasteiger partial charge >= 0.3 is 0 Å². The van der Waals surface area contributed by atoms with E-state index in [1.54, 1.807) is 31.4 Å². The van der Waals surface area contributed by atoms with Crippen LogP contribution in [-0.4, -0.2) is 59.0 Å². The van der Waals surface area contributed by atoms with Crippen molar-refractivity contribution in [2.75, 3.05) is 39.6 Å². The molecule has 2 rings (SSSR count).